The van der Waals surface area contributed by atoms with E-state index in [0.717, 1.165) is 51.3 Å². The molecule has 2 heterocycles. The second kappa shape index (κ2) is 8.46. The molecular weight excluding hydrogens is 446 g/mol. The minimum atomic E-state index is -0.0592. The fraction of sp³-hybridized carbons (Fsp3) is 0.250. The van der Waals surface area contributed by atoms with Crippen molar-refractivity contribution in [2.24, 2.45) is 0 Å². The number of nitrogens with zero attached hydrogens (tertiary/aromatic N) is 1. The summed E-state index contributed by atoms with van der Waals surface area (Å²) in [7, 11) is 0. The van der Waals surface area contributed by atoms with E-state index in [9.17, 15) is 15.0 Å². The Kier molecular flexibility index (Phi) is 5.27. The maximum absolute atomic E-state index is 14.0. The number of carbonyl (C=O) groups excluding carboxylic acids is 1. The Labute approximate surface area is 201 Å². The highest BCUT2D eigenvalue weighted by Gasteiger charge is 2.33. The third kappa shape index (κ3) is 3.54. The van der Waals surface area contributed by atoms with E-state index in [1.807, 2.05) is 30.3 Å². The summed E-state index contributed by atoms with van der Waals surface area (Å²) in [5.74, 6) is 0.878. The van der Waals surface area contributed by atoms with E-state index in [-0.39, 0.29) is 17.3 Å². The van der Waals surface area contributed by atoms with Gasteiger partial charge < -0.3 is 14.9 Å². The molecule has 2 N–H and O–H groups in total. The molecule has 6 heteroatoms. The van der Waals surface area contributed by atoms with Gasteiger partial charge in [0.25, 0.3) is 0 Å². The zero-order chi connectivity index (χ0) is 23.2. The molecule has 172 valence electrons. The number of hydrogen-bond acceptors (Lipinski definition) is 6. The highest BCUT2D eigenvalue weighted by atomic mass is 32.1. The molecule has 0 atom stereocenters. The average molecular weight is 472 g/mol. The van der Waals surface area contributed by atoms with Crippen LogP contribution in [0.4, 0.5) is 0 Å². The molecule has 1 saturated heterocycles. The summed E-state index contributed by atoms with van der Waals surface area (Å²) in [5.41, 5.74) is 3.70. The lowest BCUT2D eigenvalue weighted by Crippen LogP contribution is -2.33. The summed E-state index contributed by atoms with van der Waals surface area (Å²) in [6.45, 7) is 3.58. The van der Waals surface area contributed by atoms with Crippen molar-refractivity contribution in [2.75, 3.05) is 26.2 Å². The molecule has 1 aliphatic heterocycles. The van der Waals surface area contributed by atoms with Crippen LogP contribution in [0.1, 0.15) is 35.2 Å². The highest BCUT2D eigenvalue weighted by Crippen LogP contribution is 2.51. The number of hydrogen-bond donors (Lipinski definition) is 2. The van der Waals surface area contributed by atoms with Crippen LogP contribution in [0.5, 0.6) is 17.2 Å². The third-order valence-electron chi connectivity index (χ3n) is 6.79. The summed E-state index contributed by atoms with van der Waals surface area (Å²) < 4.78 is 7.07. The summed E-state index contributed by atoms with van der Waals surface area (Å²) in [4.78, 5) is 17.2. The molecule has 1 fully saturated rings. The zero-order valence-electron chi connectivity index (χ0n) is 18.7. The third-order valence-corrected chi connectivity index (χ3v) is 7.98. The van der Waals surface area contributed by atoms with Gasteiger partial charge in [-0.25, -0.2) is 0 Å². The first-order valence-electron chi connectivity index (χ1n) is 11.7. The minimum Gasteiger partial charge on any atom is -0.508 e. The minimum absolute atomic E-state index is 0.0592. The fourth-order valence-corrected chi connectivity index (χ4v) is 6.43. The average Bonchev–Trinajstić information content (AvgIpc) is 3.23. The molecule has 2 aliphatic rings. The molecule has 3 aromatic carbocycles. The Morgan fingerprint density at radius 1 is 0.882 bits per heavy atom. The van der Waals surface area contributed by atoms with Crippen LogP contribution < -0.4 is 4.74 Å². The SMILES string of the molecule is O=C1c2c(OCCN3CCCCC3)cccc2-c2cc(O)cc3sc(-c4ccc(O)cc4)c1c23. The Bertz CT molecular complexity index is 1400. The van der Waals surface area contributed by atoms with Gasteiger partial charge >= 0.3 is 0 Å². The number of carbonyl (C=O) groups is 1. The molecule has 0 amide bonds. The number of ketones is 1. The van der Waals surface area contributed by atoms with E-state index < -0.39 is 0 Å². The predicted octanol–water partition coefficient (Wildman–Crippen LogP) is 6.06. The molecule has 0 saturated carbocycles. The fourth-order valence-electron chi connectivity index (χ4n) is 5.16. The van der Waals surface area contributed by atoms with Gasteiger partial charge in [0, 0.05) is 27.1 Å². The van der Waals surface area contributed by atoms with E-state index in [0.29, 0.717) is 23.5 Å². The molecule has 0 unspecified atom stereocenters. The molecule has 0 bridgehead atoms. The molecule has 1 aliphatic carbocycles. The van der Waals surface area contributed by atoms with E-state index in [1.165, 1.54) is 30.6 Å². The topological polar surface area (TPSA) is 70.0 Å². The van der Waals surface area contributed by atoms with Gasteiger partial charge in [-0.3, -0.25) is 9.69 Å². The lowest BCUT2D eigenvalue weighted by Gasteiger charge is -2.26. The van der Waals surface area contributed by atoms with Crippen molar-refractivity contribution < 1.29 is 19.7 Å². The van der Waals surface area contributed by atoms with Crippen molar-refractivity contribution in [3.8, 4) is 38.8 Å². The first kappa shape index (κ1) is 21.2. The van der Waals surface area contributed by atoms with Crippen LogP contribution in [-0.2, 0) is 0 Å². The lowest BCUT2D eigenvalue weighted by atomic mass is 9.83. The summed E-state index contributed by atoms with van der Waals surface area (Å²) in [6.07, 6.45) is 3.75. The monoisotopic (exact) mass is 471 g/mol. The van der Waals surface area contributed by atoms with Crippen LogP contribution in [0.3, 0.4) is 0 Å². The first-order chi connectivity index (χ1) is 16.6. The van der Waals surface area contributed by atoms with E-state index in [2.05, 4.69) is 4.90 Å². The van der Waals surface area contributed by atoms with E-state index in [1.54, 1.807) is 24.3 Å². The first-order valence-corrected chi connectivity index (χ1v) is 12.5. The second-order valence-electron chi connectivity index (χ2n) is 8.98. The number of phenols is 2. The number of piperidine rings is 1. The van der Waals surface area contributed by atoms with Crippen LogP contribution in [0.2, 0.25) is 0 Å². The number of thiophene rings is 1. The highest BCUT2D eigenvalue weighted by molar-refractivity contribution is 7.23. The molecule has 34 heavy (non-hydrogen) atoms. The Hall–Kier alpha value is -3.35. The molecule has 1 aromatic heterocycles. The molecule has 5 nitrogen and oxygen atoms in total. The van der Waals surface area contributed by atoms with E-state index >= 15 is 0 Å². The van der Waals surface area contributed by atoms with Crippen molar-refractivity contribution >= 4 is 27.2 Å². The zero-order valence-corrected chi connectivity index (χ0v) is 19.5. The number of likely N-dealkylation sites (tertiary alicyclic amines) is 1. The lowest BCUT2D eigenvalue weighted by molar-refractivity contribution is 0.103. The Morgan fingerprint density at radius 3 is 2.47 bits per heavy atom. The maximum Gasteiger partial charge on any atom is 0.199 e. The number of rotatable bonds is 5. The summed E-state index contributed by atoms with van der Waals surface area (Å²) in [5, 5.41) is 21.1. The second-order valence-corrected chi connectivity index (χ2v) is 10.0. The van der Waals surface area contributed by atoms with Crippen LogP contribution in [0.25, 0.3) is 31.7 Å². The number of benzene rings is 3. The van der Waals surface area contributed by atoms with Crippen LogP contribution >= 0.6 is 11.3 Å². The van der Waals surface area contributed by atoms with Crippen molar-refractivity contribution in [2.45, 2.75) is 19.3 Å². The van der Waals surface area contributed by atoms with Gasteiger partial charge in [-0.2, -0.15) is 0 Å². The predicted molar refractivity (Wildman–Crippen MR) is 135 cm³/mol. The number of aromatic hydroxyl groups is 2. The van der Waals surface area contributed by atoms with Crippen molar-refractivity contribution in [1.82, 2.24) is 4.90 Å². The van der Waals surface area contributed by atoms with Gasteiger partial charge in [0.2, 0.25) is 0 Å². The normalized spacial score (nSPS) is 15.5. The quantitative estimate of drug-likeness (QED) is 0.326. The van der Waals surface area contributed by atoms with Crippen LogP contribution in [0.15, 0.2) is 54.6 Å². The van der Waals surface area contributed by atoms with Crippen molar-refractivity contribution in [3.63, 3.8) is 0 Å². The maximum atomic E-state index is 14.0. The van der Waals surface area contributed by atoms with Gasteiger partial charge in [-0.15, -0.1) is 11.3 Å². The standard InChI is InChI=1S/C28H25NO4S/c30-18-9-7-17(8-10-18)28-26-25-21(15-19(31)16-23(25)34-28)20-5-4-6-22(24(20)27(26)32)33-14-13-29-11-2-1-3-12-29/h4-10,15-16,30-31H,1-3,11-14H2. The number of fused-ring (bicyclic) bond motifs is 2. The van der Waals surface area contributed by atoms with Gasteiger partial charge in [-0.05, 0) is 85.1 Å². The molecular formula is C28H25NO4S. The van der Waals surface area contributed by atoms with E-state index in [4.69, 9.17) is 4.74 Å². The number of phenolic OH excluding ortho intramolecular Hbond substituents is 2. The molecule has 6 rings (SSSR count). The van der Waals surface area contributed by atoms with Crippen molar-refractivity contribution in [3.05, 3.63) is 65.7 Å². The largest absolute Gasteiger partial charge is 0.508 e. The van der Waals surface area contributed by atoms with Gasteiger partial charge in [0.1, 0.15) is 23.9 Å². The molecule has 0 spiro atoms. The smallest absolute Gasteiger partial charge is 0.199 e. The molecule has 4 aromatic rings. The van der Waals surface area contributed by atoms with Gasteiger partial charge in [0.15, 0.2) is 5.78 Å². The number of ether oxygens (including phenoxy) is 1. The van der Waals surface area contributed by atoms with Crippen molar-refractivity contribution in [1.29, 1.82) is 0 Å². The van der Waals surface area contributed by atoms with Gasteiger partial charge in [0.05, 0.1) is 5.56 Å². The Balaban J connectivity index is 1.44. The summed E-state index contributed by atoms with van der Waals surface area (Å²) in [6, 6.07) is 16.1. The summed E-state index contributed by atoms with van der Waals surface area (Å²) >= 11 is 1.48. The Morgan fingerprint density at radius 2 is 1.68 bits per heavy atom. The van der Waals surface area contributed by atoms with Crippen LogP contribution in [-0.4, -0.2) is 47.1 Å². The van der Waals surface area contributed by atoms with Gasteiger partial charge in [-0.1, -0.05) is 18.6 Å². The van der Waals surface area contributed by atoms with Crippen LogP contribution in [0, 0.1) is 0 Å². The molecule has 0 radical (unpaired) electrons.